The van der Waals surface area contributed by atoms with Crippen LogP contribution in [0, 0.1) is 6.92 Å². The quantitative estimate of drug-likeness (QED) is 0.302. The molecule has 0 fully saturated rings. The molecular weight excluding hydrogens is 356 g/mol. The van der Waals surface area contributed by atoms with Crippen molar-refractivity contribution in [1.29, 1.82) is 0 Å². The molecule has 0 atom stereocenters. The average molecular weight is 380 g/mol. The van der Waals surface area contributed by atoms with Gasteiger partial charge >= 0.3 is 5.97 Å². The van der Waals surface area contributed by atoms with Crippen LogP contribution in [-0.2, 0) is 0 Å². The number of carbonyl (C=O) groups excluding carboxylic acids is 1. The minimum atomic E-state index is -0.495. The fourth-order valence-electron chi connectivity index (χ4n) is 2.89. The average Bonchev–Trinajstić information content (AvgIpc) is 2.68. The van der Waals surface area contributed by atoms with Gasteiger partial charge in [0.2, 0.25) is 0 Å². The smallest absolute Gasteiger partial charge is 0.343 e. The van der Waals surface area contributed by atoms with Crippen LogP contribution >= 0.6 is 0 Å². The Kier molecular flexibility index (Phi) is 6.48. The molecular formula is C23H24O5. The zero-order valence-electron chi connectivity index (χ0n) is 16.2. The summed E-state index contributed by atoms with van der Waals surface area (Å²) in [5, 5.41) is 0.378. The molecule has 0 N–H and O–H groups in total. The molecule has 0 saturated heterocycles. The predicted octanol–water partition coefficient (Wildman–Crippen LogP) is 5.28. The van der Waals surface area contributed by atoms with Gasteiger partial charge in [0.25, 0.3) is 0 Å². The summed E-state index contributed by atoms with van der Waals surface area (Å²) >= 11 is 0. The van der Waals surface area contributed by atoms with Gasteiger partial charge in [0, 0.05) is 6.07 Å². The Morgan fingerprint density at radius 3 is 2.46 bits per heavy atom. The lowest BCUT2D eigenvalue weighted by molar-refractivity contribution is 0.0735. The highest BCUT2D eigenvalue weighted by Crippen LogP contribution is 2.21. The molecule has 0 amide bonds. The molecule has 0 bridgehead atoms. The van der Waals surface area contributed by atoms with Crippen LogP contribution in [0.15, 0.2) is 57.7 Å². The van der Waals surface area contributed by atoms with E-state index in [9.17, 15) is 9.59 Å². The van der Waals surface area contributed by atoms with Crippen LogP contribution in [0.1, 0.15) is 48.7 Å². The van der Waals surface area contributed by atoms with Crippen LogP contribution in [0.3, 0.4) is 0 Å². The summed E-state index contributed by atoms with van der Waals surface area (Å²) in [5.74, 6) is 1.07. The molecule has 0 aliphatic rings. The van der Waals surface area contributed by atoms with E-state index in [2.05, 4.69) is 6.92 Å². The molecule has 0 radical (unpaired) electrons. The fourth-order valence-corrected chi connectivity index (χ4v) is 2.89. The Balaban J connectivity index is 1.63. The largest absolute Gasteiger partial charge is 0.494 e. The number of hydrogen-bond donors (Lipinski definition) is 0. The van der Waals surface area contributed by atoms with Crippen molar-refractivity contribution >= 4 is 16.9 Å². The molecule has 28 heavy (non-hydrogen) atoms. The van der Waals surface area contributed by atoms with Crippen molar-refractivity contribution in [2.75, 3.05) is 6.61 Å². The Morgan fingerprint density at radius 1 is 0.964 bits per heavy atom. The van der Waals surface area contributed by atoms with E-state index >= 15 is 0 Å². The maximum absolute atomic E-state index is 12.4. The van der Waals surface area contributed by atoms with Gasteiger partial charge in [-0.1, -0.05) is 26.2 Å². The van der Waals surface area contributed by atoms with E-state index in [1.807, 2.05) is 0 Å². The summed E-state index contributed by atoms with van der Waals surface area (Å²) < 4.78 is 16.6. The summed E-state index contributed by atoms with van der Waals surface area (Å²) in [7, 11) is 0. The molecule has 3 aromatic rings. The highest BCUT2D eigenvalue weighted by molar-refractivity contribution is 5.91. The number of esters is 1. The highest BCUT2D eigenvalue weighted by atomic mass is 16.5. The Labute approximate surface area is 163 Å². The molecule has 146 valence electrons. The lowest BCUT2D eigenvalue weighted by Gasteiger charge is -2.08. The lowest BCUT2D eigenvalue weighted by Crippen LogP contribution is -2.09. The first-order valence-electron chi connectivity index (χ1n) is 9.56. The van der Waals surface area contributed by atoms with E-state index in [4.69, 9.17) is 13.9 Å². The molecule has 1 aromatic heterocycles. The number of hydrogen-bond acceptors (Lipinski definition) is 5. The Bertz CT molecular complexity index is 1000. The van der Waals surface area contributed by atoms with Gasteiger partial charge in [0.15, 0.2) is 5.43 Å². The first-order valence-corrected chi connectivity index (χ1v) is 9.56. The van der Waals surface area contributed by atoms with Crippen LogP contribution in [0.5, 0.6) is 11.5 Å². The van der Waals surface area contributed by atoms with Gasteiger partial charge < -0.3 is 13.9 Å². The van der Waals surface area contributed by atoms with Crippen LogP contribution < -0.4 is 14.9 Å². The van der Waals surface area contributed by atoms with E-state index in [1.165, 1.54) is 25.0 Å². The number of rotatable bonds is 8. The maximum Gasteiger partial charge on any atom is 0.343 e. The van der Waals surface area contributed by atoms with Gasteiger partial charge in [-0.2, -0.15) is 0 Å². The van der Waals surface area contributed by atoms with Crippen molar-refractivity contribution in [2.24, 2.45) is 0 Å². The number of unbranched alkanes of at least 4 members (excludes halogenated alkanes) is 3. The molecule has 0 spiro atoms. The highest BCUT2D eigenvalue weighted by Gasteiger charge is 2.11. The van der Waals surface area contributed by atoms with E-state index in [0.717, 1.165) is 18.6 Å². The molecule has 5 nitrogen and oxygen atoms in total. The zero-order valence-corrected chi connectivity index (χ0v) is 16.2. The van der Waals surface area contributed by atoms with Gasteiger partial charge in [-0.05, 0) is 55.8 Å². The van der Waals surface area contributed by atoms with Crippen LogP contribution in [0.4, 0.5) is 0 Å². The van der Waals surface area contributed by atoms with Gasteiger partial charge in [0.1, 0.15) is 22.8 Å². The summed E-state index contributed by atoms with van der Waals surface area (Å²) in [5.41, 5.74) is 0.705. The van der Waals surface area contributed by atoms with E-state index < -0.39 is 5.97 Å². The van der Waals surface area contributed by atoms with E-state index in [0.29, 0.717) is 34.6 Å². The number of fused-ring (bicyclic) bond motifs is 1. The monoisotopic (exact) mass is 380 g/mol. The summed E-state index contributed by atoms with van der Waals surface area (Å²) in [6.45, 7) is 4.56. The third kappa shape index (κ3) is 5.00. The van der Waals surface area contributed by atoms with E-state index in [1.54, 1.807) is 43.3 Å². The molecule has 5 heteroatoms. The van der Waals surface area contributed by atoms with Crippen molar-refractivity contribution in [2.45, 2.75) is 39.5 Å². The van der Waals surface area contributed by atoms with Gasteiger partial charge in [0.05, 0.1) is 17.6 Å². The van der Waals surface area contributed by atoms with Crippen molar-refractivity contribution in [3.8, 4) is 11.5 Å². The number of carbonyl (C=O) groups is 1. The van der Waals surface area contributed by atoms with Crippen LogP contribution in [0.2, 0.25) is 0 Å². The van der Waals surface area contributed by atoms with Gasteiger partial charge in [-0.25, -0.2) is 4.79 Å². The predicted molar refractivity (Wildman–Crippen MR) is 108 cm³/mol. The minimum Gasteiger partial charge on any atom is -0.494 e. The van der Waals surface area contributed by atoms with Crippen molar-refractivity contribution in [3.05, 3.63) is 70.1 Å². The summed E-state index contributed by atoms with van der Waals surface area (Å²) in [4.78, 5) is 24.4. The molecule has 0 aliphatic carbocycles. The molecule has 2 aromatic carbocycles. The second-order valence-electron chi connectivity index (χ2n) is 6.70. The third-order valence-corrected chi connectivity index (χ3v) is 4.39. The third-order valence-electron chi connectivity index (χ3n) is 4.39. The summed E-state index contributed by atoms with van der Waals surface area (Å²) in [6, 6.07) is 13.0. The standard InChI is InChI=1S/C23H24O5/c1-3-4-5-6-13-26-18-9-7-17(8-10-18)23(25)28-19-11-12-22-20(15-19)21(24)14-16(2)27-22/h7-12,14-15H,3-6,13H2,1-2H3. The normalized spacial score (nSPS) is 10.8. The van der Waals surface area contributed by atoms with Gasteiger partial charge in [-0.15, -0.1) is 0 Å². The molecule has 0 unspecified atom stereocenters. The second-order valence-corrected chi connectivity index (χ2v) is 6.70. The second kappa shape index (κ2) is 9.22. The molecule has 0 aliphatic heterocycles. The van der Waals surface area contributed by atoms with Crippen molar-refractivity contribution < 1.29 is 18.7 Å². The van der Waals surface area contributed by atoms with E-state index in [-0.39, 0.29) is 5.43 Å². The molecule has 3 rings (SSSR count). The number of aryl methyl sites for hydroxylation is 1. The Morgan fingerprint density at radius 2 is 1.71 bits per heavy atom. The minimum absolute atomic E-state index is 0.169. The van der Waals surface area contributed by atoms with Crippen LogP contribution in [0.25, 0.3) is 11.0 Å². The van der Waals surface area contributed by atoms with Gasteiger partial charge in [-0.3, -0.25) is 4.79 Å². The topological polar surface area (TPSA) is 65.7 Å². The molecule has 0 saturated carbocycles. The van der Waals surface area contributed by atoms with Crippen molar-refractivity contribution in [3.63, 3.8) is 0 Å². The number of benzene rings is 2. The Hall–Kier alpha value is -3.08. The molecule has 1 heterocycles. The lowest BCUT2D eigenvalue weighted by atomic mass is 10.2. The zero-order chi connectivity index (χ0) is 19.9. The summed E-state index contributed by atoms with van der Waals surface area (Å²) in [6.07, 6.45) is 4.58. The first-order chi connectivity index (χ1) is 13.6. The maximum atomic E-state index is 12.4. The first kappa shape index (κ1) is 19.7. The number of ether oxygens (including phenoxy) is 2. The van der Waals surface area contributed by atoms with Crippen LogP contribution in [-0.4, -0.2) is 12.6 Å². The fraction of sp³-hybridized carbons (Fsp3) is 0.304. The SMILES string of the molecule is CCCCCCOc1ccc(C(=O)Oc2ccc3oc(C)cc(=O)c3c2)cc1. The van der Waals surface area contributed by atoms with Crippen molar-refractivity contribution in [1.82, 2.24) is 0 Å².